The van der Waals surface area contributed by atoms with Gasteiger partial charge in [-0.25, -0.2) is 0 Å². The largest absolute Gasteiger partial charge is 0.0617 e. The van der Waals surface area contributed by atoms with E-state index in [2.05, 4.69) is 62.4 Å². The van der Waals surface area contributed by atoms with Gasteiger partial charge in [-0.3, -0.25) is 0 Å². The molecular weight excluding hydrogens is 220 g/mol. The Balaban J connectivity index is 1.87. The fourth-order valence-electron chi connectivity index (χ4n) is 2.23. The normalized spacial score (nSPS) is 10.5. The molecule has 2 aromatic carbocycles. The molecule has 0 atom stereocenters. The topological polar surface area (TPSA) is 0 Å². The van der Waals surface area contributed by atoms with Crippen molar-refractivity contribution >= 4 is 9.52 Å². The lowest BCUT2D eigenvalue weighted by Crippen LogP contribution is -2.02. The van der Waals surface area contributed by atoms with Gasteiger partial charge in [-0.2, -0.15) is 0 Å². The summed E-state index contributed by atoms with van der Waals surface area (Å²) in [7, 11) is -0.0172. The second-order valence-electron chi connectivity index (χ2n) is 4.83. The highest BCUT2D eigenvalue weighted by Gasteiger charge is 1.97. The lowest BCUT2D eigenvalue weighted by atomic mass is 10.2. The molecule has 0 saturated heterocycles. The average Bonchev–Trinajstić information content (AvgIpc) is 2.29. The summed E-state index contributed by atoms with van der Waals surface area (Å²) in [6, 6.07) is 20.5. The summed E-state index contributed by atoms with van der Waals surface area (Å²) in [4.78, 5) is 0. The molecule has 0 saturated carbocycles. The molecule has 0 nitrogen and oxygen atoms in total. The maximum Gasteiger partial charge on any atom is 0.0296 e. The third-order valence-corrected chi connectivity index (χ3v) is 4.96. The van der Waals surface area contributed by atoms with Crippen LogP contribution in [0.5, 0.6) is 0 Å². The minimum absolute atomic E-state index is 0.0172. The monoisotopic (exact) mass is 240 g/mol. The van der Waals surface area contributed by atoms with E-state index in [1.807, 2.05) is 0 Å². The molecule has 0 unspecified atom stereocenters. The van der Waals surface area contributed by atoms with Gasteiger partial charge >= 0.3 is 0 Å². The zero-order valence-electron chi connectivity index (χ0n) is 10.7. The van der Waals surface area contributed by atoms with Gasteiger partial charge in [0.05, 0.1) is 0 Å². The molecule has 0 amide bonds. The van der Waals surface area contributed by atoms with E-state index in [-0.39, 0.29) is 9.52 Å². The summed E-state index contributed by atoms with van der Waals surface area (Å²) in [6.45, 7) is 4.34. The van der Waals surface area contributed by atoms with Gasteiger partial charge in [-0.05, 0) is 25.9 Å². The van der Waals surface area contributed by atoms with Crippen LogP contribution in [0.2, 0.25) is 0 Å². The Kier molecular flexibility index (Phi) is 4.16. The molecular formula is C16H20Si. The Morgan fingerprint density at radius 3 is 1.65 bits per heavy atom. The summed E-state index contributed by atoms with van der Waals surface area (Å²) in [5.74, 6) is 0. The highest BCUT2D eigenvalue weighted by Crippen LogP contribution is 2.07. The van der Waals surface area contributed by atoms with Crippen molar-refractivity contribution in [1.82, 2.24) is 0 Å². The van der Waals surface area contributed by atoms with Crippen molar-refractivity contribution in [1.29, 1.82) is 0 Å². The lowest BCUT2D eigenvalue weighted by molar-refractivity contribution is 1.27. The van der Waals surface area contributed by atoms with Crippen molar-refractivity contribution in [3.8, 4) is 0 Å². The van der Waals surface area contributed by atoms with Crippen LogP contribution in [0.15, 0.2) is 48.5 Å². The first-order valence-corrected chi connectivity index (χ1v) is 8.35. The smallest absolute Gasteiger partial charge is 0.0296 e. The van der Waals surface area contributed by atoms with E-state index in [0.29, 0.717) is 0 Å². The third kappa shape index (κ3) is 3.86. The van der Waals surface area contributed by atoms with Crippen molar-refractivity contribution < 1.29 is 0 Å². The molecule has 0 aliphatic carbocycles. The Morgan fingerprint density at radius 1 is 0.765 bits per heavy atom. The summed E-state index contributed by atoms with van der Waals surface area (Å²) < 4.78 is 0. The molecule has 0 aliphatic heterocycles. The predicted molar refractivity (Wildman–Crippen MR) is 78.3 cm³/mol. The van der Waals surface area contributed by atoms with E-state index in [1.165, 1.54) is 34.3 Å². The third-order valence-electron chi connectivity index (χ3n) is 3.10. The van der Waals surface area contributed by atoms with Crippen molar-refractivity contribution in [3.05, 3.63) is 70.8 Å². The molecule has 17 heavy (non-hydrogen) atoms. The first-order valence-electron chi connectivity index (χ1n) is 6.35. The Labute approximate surface area is 107 Å². The van der Waals surface area contributed by atoms with Crippen LogP contribution in [0.1, 0.15) is 22.3 Å². The SMILES string of the molecule is Cc1cccc(C[SiH2]Cc2cccc(C)c2)c1. The molecule has 1 heteroatoms. The van der Waals surface area contributed by atoms with Crippen LogP contribution < -0.4 is 0 Å². The second kappa shape index (κ2) is 5.83. The number of rotatable bonds is 4. The van der Waals surface area contributed by atoms with Crippen molar-refractivity contribution in [2.45, 2.75) is 25.9 Å². The van der Waals surface area contributed by atoms with Crippen LogP contribution in [-0.2, 0) is 12.1 Å². The fraction of sp³-hybridized carbons (Fsp3) is 0.250. The molecule has 0 heterocycles. The highest BCUT2D eigenvalue weighted by molar-refractivity contribution is 6.34. The maximum absolute atomic E-state index is 2.32. The van der Waals surface area contributed by atoms with Crippen molar-refractivity contribution in [2.24, 2.45) is 0 Å². The van der Waals surface area contributed by atoms with Crippen LogP contribution >= 0.6 is 0 Å². The standard InChI is InChI=1S/C16H20Si/c1-13-5-3-7-15(9-13)11-17-12-16-8-4-6-14(2)10-16/h3-10H,11-12,17H2,1-2H3. The van der Waals surface area contributed by atoms with Gasteiger partial charge in [0.1, 0.15) is 0 Å². The van der Waals surface area contributed by atoms with Crippen LogP contribution in [0.3, 0.4) is 0 Å². The second-order valence-corrected chi connectivity index (χ2v) is 6.54. The molecule has 2 rings (SSSR count). The highest BCUT2D eigenvalue weighted by atomic mass is 28.2. The Bertz CT molecular complexity index is 443. The van der Waals surface area contributed by atoms with Gasteiger partial charge in [0, 0.05) is 9.52 Å². The fourth-order valence-corrected chi connectivity index (χ4v) is 3.85. The first kappa shape index (κ1) is 12.1. The van der Waals surface area contributed by atoms with Crippen LogP contribution in [-0.4, -0.2) is 9.52 Å². The Morgan fingerprint density at radius 2 is 1.24 bits per heavy atom. The summed E-state index contributed by atoms with van der Waals surface area (Å²) >= 11 is 0. The average molecular weight is 240 g/mol. The van der Waals surface area contributed by atoms with Crippen LogP contribution in [0.4, 0.5) is 0 Å². The number of benzene rings is 2. The molecule has 2 aromatic rings. The van der Waals surface area contributed by atoms with Crippen molar-refractivity contribution in [3.63, 3.8) is 0 Å². The molecule has 0 aliphatic rings. The van der Waals surface area contributed by atoms with Crippen LogP contribution in [0.25, 0.3) is 0 Å². The summed E-state index contributed by atoms with van der Waals surface area (Å²) in [5.41, 5.74) is 5.80. The first-order chi connectivity index (χ1) is 8.24. The van der Waals surface area contributed by atoms with Gasteiger partial charge in [0.2, 0.25) is 0 Å². The quantitative estimate of drug-likeness (QED) is 0.720. The van der Waals surface area contributed by atoms with E-state index in [0.717, 1.165) is 0 Å². The number of aryl methyl sites for hydroxylation is 2. The van der Waals surface area contributed by atoms with Crippen LogP contribution in [0, 0.1) is 13.8 Å². The van der Waals surface area contributed by atoms with E-state index in [1.54, 1.807) is 0 Å². The molecule has 0 radical (unpaired) electrons. The maximum atomic E-state index is 2.32. The minimum Gasteiger partial charge on any atom is -0.0617 e. The Hall–Kier alpha value is -1.34. The van der Waals surface area contributed by atoms with Gasteiger partial charge in [0.15, 0.2) is 0 Å². The molecule has 0 spiro atoms. The van der Waals surface area contributed by atoms with Gasteiger partial charge in [-0.15, -0.1) is 0 Å². The molecule has 0 fully saturated rings. The van der Waals surface area contributed by atoms with E-state index >= 15 is 0 Å². The summed E-state index contributed by atoms with van der Waals surface area (Å²) in [5, 5.41) is 0. The van der Waals surface area contributed by atoms with Crippen molar-refractivity contribution in [2.75, 3.05) is 0 Å². The van der Waals surface area contributed by atoms with E-state index < -0.39 is 0 Å². The van der Waals surface area contributed by atoms with Gasteiger partial charge in [0.25, 0.3) is 0 Å². The molecule has 0 N–H and O–H groups in total. The molecule has 88 valence electrons. The number of hydrogen-bond acceptors (Lipinski definition) is 0. The molecule has 0 bridgehead atoms. The van der Waals surface area contributed by atoms with Gasteiger partial charge in [-0.1, -0.05) is 70.8 Å². The molecule has 0 aromatic heterocycles. The summed E-state index contributed by atoms with van der Waals surface area (Å²) in [6.07, 6.45) is 0. The minimum atomic E-state index is -0.0172. The zero-order valence-corrected chi connectivity index (χ0v) is 12.2. The van der Waals surface area contributed by atoms with Gasteiger partial charge < -0.3 is 0 Å². The van der Waals surface area contributed by atoms with E-state index in [4.69, 9.17) is 0 Å². The zero-order chi connectivity index (χ0) is 12.1. The predicted octanol–water partition coefficient (Wildman–Crippen LogP) is 3.17. The lowest BCUT2D eigenvalue weighted by Gasteiger charge is -2.03. The van der Waals surface area contributed by atoms with E-state index in [9.17, 15) is 0 Å². The number of hydrogen-bond donors (Lipinski definition) is 0.